The molecule has 17 rings (SSSR count). The number of phosphoric acid groups is 2. The summed E-state index contributed by atoms with van der Waals surface area (Å²) in [6, 6.07) is 10.5. The average molecular weight is 1770 g/mol. The molecule has 0 aliphatic carbocycles. The normalized spacial score (nSPS) is 33.2. The number of hydrogen-bond donors (Lipinski definition) is 13. The number of ether oxygens (including phenoxy) is 4. The molecule has 20 N–H and O–H groups in total. The zero-order valence-corrected chi connectivity index (χ0v) is 69.3. The molecular formula is C61H83N25O22P4S4. The number of thioether (sulfide) groups is 2. The van der Waals surface area contributed by atoms with Gasteiger partial charge in [-0.15, -0.1) is 23.5 Å². The van der Waals surface area contributed by atoms with E-state index in [1.807, 2.05) is 13.0 Å². The Bertz CT molecular complexity index is 5480. The smallest absolute Gasteiger partial charge is 0.382 e. The van der Waals surface area contributed by atoms with Gasteiger partial charge in [-0.25, -0.2) is 49.0 Å². The van der Waals surface area contributed by atoms with Crippen molar-refractivity contribution in [3.8, 4) is 6.07 Å². The number of amides is 2. The predicted molar refractivity (Wildman–Crippen MR) is 423 cm³/mol. The van der Waals surface area contributed by atoms with Gasteiger partial charge in [0.2, 0.25) is 17.8 Å². The van der Waals surface area contributed by atoms with Gasteiger partial charge >= 0.3 is 29.1 Å². The number of hydrogen-bond acceptors (Lipinski definition) is 40. The van der Waals surface area contributed by atoms with Gasteiger partial charge in [0.1, 0.15) is 76.7 Å². The highest BCUT2D eigenvalue weighted by Gasteiger charge is 2.68. The second-order valence-corrected chi connectivity index (χ2v) is 37.9. The van der Waals surface area contributed by atoms with Crippen LogP contribution >= 0.6 is 52.6 Å². The maximum absolute atomic E-state index is 14.8. The molecule has 55 heteroatoms. The lowest BCUT2D eigenvalue weighted by atomic mass is 10.0. The minimum atomic E-state index is -4.76. The molecule has 2 amide bonds. The van der Waals surface area contributed by atoms with Gasteiger partial charge in [0.05, 0.1) is 84.0 Å². The first kappa shape index (κ1) is 88.0. The Morgan fingerprint density at radius 2 is 1.15 bits per heavy atom. The summed E-state index contributed by atoms with van der Waals surface area (Å²) in [5.41, 5.74) is 22.8. The topological polar surface area (TPSA) is 676 Å². The molecule has 8 fully saturated rings. The minimum Gasteiger partial charge on any atom is -0.382 e. The van der Waals surface area contributed by atoms with Crippen molar-refractivity contribution in [2.75, 3.05) is 89.5 Å². The Labute approximate surface area is 675 Å². The lowest BCUT2D eigenvalue weighted by molar-refractivity contribution is -0.183. The van der Waals surface area contributed by atoms with E-state index in [9.17, 15) is 48.3 Å². The van der Waals surface area contributed by atoms with Crippen molar-refractivity contribution in [2.45, 2.75) is 116 Å². The van der Waals surface area contributed by atoms with E-state index < -0.39 is 159 Å². The van der Waals surface area contributed by atoms with E-state index in [0.717, 1.165) is 0 Å². The number of aromatic amines is 2. The summed E-state index contributed by atoms with van der Waals surface area (Å²) < 4.78 is 114. The molecule has 628 valence electrons. The molecule has 0 saturated carbocycles. The molecule has 16 heterocycles. The lowest BCUT2D eigenvalue weighted by Gasteiger charge is -2.33. The Morgan fingerprint density at radius 1 is 0.647 bits per heavy atom. The third-order valence-electron chi connectivity index (χ3n) is 19.3. The Kier molecular flexibility index (Phi) is 27.0. The molecule has 116 heavy (non-hydrogen) atoms. The van der Waals surface area contributed by atoms with Crippen molar-refractivity contribution in [1.82, 2.24) is 84.2 Å². The molecule has 47 nitrogen and oxygen atoms in total. The first-order valence-electron chi connectivity index (χ1n) is 35.0. The van der Waals surface area contributed by atoms with Crippen LogP contribution in [0.4, 0.5) is 23.5 Å². The van der Waals surface area contributed by atoms with Gasteiger partial charge in [-0.1, -0.05) is 45.9 Å². The quantitative estimate of drug-likeness (QED) is 0.0654. The molecule has 8 aliphatic rings. The van der Waals surface area contributed by atoms with Crippen molar-refractivity contribution in [3.05, 3.63) is 94.6 Å². The fourth-order valence-electron chi connectivity index (χ4n) is 13.8. The van der Waals surface area contributed by atoms with E-state index in [1.54, 1.807) is 60.2 Å². The highest BCUT2D eigenvalue weighted by Crippen LogP contribution is 2.64. The number of phosphoric ester groups is 2. The van der Waals surface area contributed by atoms with Crippen LogP contribution < -0.4 is 56.6 Å². The third kappa shape index (κ3) is 17.3. The number of fused-ring (bicyclic) bond motifs is 8. The van der Waals surface area contributed by atoms with Gasteiger partial charge in [0.25, 0.3) is 17.0 Å². The van der Waals surface area contributed by atoms with Crippen LogP contribution in [-0.4, -0.2) is 230 Å². The molecule has 9 aromatic rings. The number of nitrogens with two attached hydrogens (primary N) is 5. The number of rotatable bonds is 11. The number of nitrogens with one attached hydrogen (secondary N) is 4. The van der Waals surface area contributed by atoms with Gasteiger partial charge in [-0.2, -0.15) is 15.2 Å². The van der Waals surface area contributed by atoms with Gasteiger partial charge in [0, 0.05) is 22.0 Å². The highest BCUT2D eigenvalue weighted by molar-refractivity contribution is 8.07. The zero-order chi connectivity index (χ0) is 82.4. The van der Waals surface area contributed by atoms with Crippen molar-refractivity contribution in [1.29, 1.82) is 5.26 Å². The number of aromatic nitrogens is 16. The van der Waals surface area contributed by atoms with E-state index in [4.69, 9.17) is 94.7 Å². The number of H-pyrrole nitrogens is 2. The molecule has 8 aromatic heterocycles. The number of imidazole rings is 4. The second-order valence-electron chi connectivity index (χ2n) is 26.6. The molecule has 0 spiro atoms. The Hall–Kier alpha value is -7.29. The molecule has 8 saturated heterocycles. The SMILES string of the molecule is CC(C)C(=O)Nc1nc2c(ncn2[C@@H]2S[C@@H]3COP(=O)(OCCC#N)O[C@H]4[C@H]5OC[C@]4(COP(O)(=S)O[C@@H]2[C@@H]3C)O[C@H]5n2cnc3c(NC(=O)c4ccccc4)ncnc32)c(=O)[nH]1.CN.CN.CN.C[C@H]1[C@H]2OP(O)(=S)OC[C@@]34CO[C@@H]([C@H](n5cnc6c(N)ncnc65)O3)[C@@H]4OP(=O)(O)OC[C@H]1S[C@H]2n1cnc2c(=O)[nH]c(N)nc21.N. The number of nitrogen functional groups attached to an aromatic ring is 2. The van der Waals surface area contributed by atoms with Gasteiger partial charge in [0.15, 0.2) is 63.2 Å². The Balaban J connectivity index is 0.000000207. The molecule has 8 aliphatic heterocycles. The van der Waals surface area contributed by atoms with Crippen LogP contribution in [-0.2, 0) is 97.2 Å². The Morgan fingerprint density at radius 3 is 1.71 bits per heavy atom. The molecule has 1 aromatic carbocycles. The number of carbonyl (C=O) groups excluding carboxylic acids is 2. The van der Waals surface area contributed by atoms with Crippen molar-refractivity contribution in [3.63, 3.8) is 0 Å². The van der Waals surface area contributed by atoms with E-state index in [2.05, 4.69) is 87.6 Å². The fraction of sp³-hybridized carbons (Fsp3) is 0.525. The zero-order valence-electron chi connectivity index (χ0n) is 62.5. The summed E-state index contributed by atoms with van der Waals surface area (Å²) in [6.45, 7) is -3.34. The monoisotopic (exact) mass is 1770 g/mol. The van der Waals surface area contributed by atoms with Crippen molar-refractivity contribution in [2.24, 2.45) is 35.0 Å². The van der Waals surface area contributed by atoms with Gasteiger partial charge < -0.3 is 91.9 Å². The largest absolute Gasteiger partial charge is 0.475 e. The maximum Gasteiger partial charge on any atom is 0.475 e. The summed E-state index contributed by atoms with van der Waals surface area (Å²) >= 11 is 13.7. The first-order valence-corrected chi connectivity index (χ1v) is 45.1. The van der Waals surface area contributed by atoms with E-state index in [-0.39, 0.29) is 109 Å². The fourth-order valence-corrected chi connectivity index (χ4v) is 22.9. The maximum atomic E-state index is 14.8. The van der Waals surface area contributed by atoms with E-state index in [0.29, 0.717) is 16.7 Å². The van der Waals surface area contributed by atoms with Gasteiger partial charge in [-0.05, 0) is 68.7 Å². The van der Waals surface area contributed by atoms with Crippen LogP contribution in [0.15, 0.2) is 77.9 Å². The number of anilines is 4. The second kappa shape index (κ2) is 35.6. The number of nitrogens with zero attached hydrogens (tertiary/aromatic N) is 15. The number of nitriles is 1. The van der Waals surface area contributed by atoms with Crippen LogP contribution in [0, 0.1) is 29.1 Å². The first-order chi connectivity index (χ1) is 55.0. The van der Waals surface area contributed by atoms with Crippen LogP contribution in [0.3, 0.4) is 0 Å². The van der Waals surface area contributed by atoms with Crippen LogP contribution in [0.1, 0.15) is 67.7 Å². The van der Waals surface area contributed by atoms with Gasteiger partial charge in [-0.3, -0.25) is 75.4 Å². The number of carbonyl (C=O) groups is 2. The van der Waals surface area contributed by atoms with Crippen LogP contribution in [0.5, 0.6) is 0 Å². The van der Waals surface area contributed by atoms with E-state index >= 15 is 0 Å². The highest BCUT2D eigenvalue weighted by atomic mass is 32.5. The lowest BCUT2D eigenvalue weighted by Crippen LogP contribution is -2.46. The summed E-state index contributed by atoms with van der Waals surface area (Å²) in [4.78, 5) is 133. The van der Waals surface area contributed by atoms with Crippen molar-refractivity contribution < 1.29 is 93.1 Å². The third-order valence-corrected chi connectivity index (χ3v) is 28.2. The summed E-state index contributed by atoms with van der Waals surface area (Å²) in [6.07, 6.45) is -0.274. The summed E-state index contributed by atoms with van der Waals surface area (Å²) in [5.74, 6) is -2.07. The average Bonchev–Trinajstić information content (AvgIpc) is 1.56. The minimum absolute atomic E-state index is 0. The molecule has 8 bridgehead atoms. The molecular weight excluding hydrogens is 1690 g/mol. The standard InChI is InChI=1S/C36H39N11O12P2S2.C22H26N10O10P2S2.3CH5N.H3N/c1-18(2)30(48)44-35-43-29-23(32(50)45-35)41-17-47(29)34-24-19(3)21(63-34)12-55-60(51,54-11-7-10-37)59-26-25-33(57-36(26,13-53-25)14-56-61(52,62)58-24)46-16-40-22-27(38-15-39-28(22)46)42-31(49)20-8-5-4-6-9-20;1-8-9-2-38-43(34,35)42-14-13-19(31-6-27-10-15(23)25-5-26-16(10)31)40-22(14,3-37-13)4-39-44(36,45)41-12(8)20(46-9)32-7-28-11-17(32)29-21(24)30-18(11)33;3*1-2;/h4-6,8-9,15-19,21,24-26,33-34H,7,11-14H2,1-3H3,(H,52,62)(H,38,39,42,49)(H2,43,44,45,48,50);5-9,12-14,19-20H,2-4H2,1H3,(H,34,35)(H,36,45)(H2,23,25,26)(H3,24,29,30,33);3*2H2,1H3;1H3/t19-,21-,24-,25-,26+,33-,34-,36-,60?,61?;8-,9-,12-,13-,14+,19-,20-,22-,44?;;;;/m11..../s1. The van der Waals surface area contributed by atoms with E-state index in [1.165, 1.54) is 91.8 Å². The predicted octanol–water partition coefficient (Wildman–Crippen LogP) is 2.86. The molecule has 20 atom stereocenters. The van der Waals surface area contributed by atoms with Crippen molar-refractivity contribution >= 4 is 156 Å². The number of benzene rings is 1. The van der Waals surface area contributed by atoms with Crippen LogP contribution in [0.2, 0.25) is 0 Å². The molecule has 0 radical (unpaired) electrons. The summed E-state index contributed by atoms with van der Waals surface area (Å²) in [5, 5.41) is 12.2. The molecule has 4 unspecified atom stereocenters. The summed E-state index contributed by atoms with van der Waals surface area (Å²) in [7, 11) is -4.84. The van der Waals surface area contributed by atoms with Crippen LogP contribution in [0.25, 0.3) is 44.7 Å².